The second-order valence-corrected chi connectivity index (χ2v) is 3.95. The van der Waals surface area contributed by atoms with Gasteiger partial charge in [0.2, 0.25) is 5.91 Å². The molecule has 1 saturated heterocycles. The molecule has 88 valence electrons. The van der Waals surface area contributed by atoms with Gasteiger partial charge in [0.05, 0.1) is 24.5 Å². The topological polar surface area (TPSA) is 82.2 Å². The third-order valence-corrected chi connectivity index (χ3v) is 2.48. The van der Waals surface area contributed by atoms with E-state index in [1.54, 1.807) is 6.20 Å². The van der Waals surface area contributed by atoms with Crippen molar-refractivity contribution in [3.05, 3.63) is 12.4 Å². The Morgan fingerprint density at radius 1 is 1.75 bits per heavy atom. The molecular weight excluding hydrogens is 208 g/mol. The maximum atomic E-state index is 11.6. The zero-order valence-electron chi connectivity index (χ0n) is 9.06. The Balaban J connectivity index is 1.79. The number of carbonyl (C=O) groups is 1. The van der Waals surface area contributed by atoms with Crippen LogP contribution in [-0.4, -0.2) is 34.9 Å². The van der Waals surface area contributed by atoms with E-state index >= 15 is 0 Å². The third-order valence-electron chi connectivity index (χ3n) is 2.48. The van der Waals surface area contributed by atoms with Crippen LogP contribution >= 0.6 is 0 Å². The van der Waals surface area contributed by atoms with E-state index in [-0.39, 0.29) is 18.5 Å². The molecule has 1 aliphatic heterocycles. The number of rotatable bonds is 3. The third kappa shape index (κ3) is 2.96. The predicted molar refractivity (Wildman–Crippen MR) is 58.6 cm³/mol. The summed E-state index contributed by atoms with van der Waals surface area (Å²) >= 11 is 0. The minimum atomic E-state index is -0.0569. The molecule has 16 heavy (non-hydrogen) atoms. The van der Waals surface area contributed by atoms with Crippen molar-refractivity contribution in [3.63, 3.8) is 0 Å². The van der Waals surface area contributed by atoms with Crippen LogP contribution in [0.4, 0.5) is 5.69 Å². The number of hydrogen-bond acceptors (Lipinski definition) is 4. The smallest absolute Gasteiger partial charge is 0.242 e. The molecule has 2 rings (SSSR count). The van der Waals surface area contributed by atoms with Gasteiger partial charge in [-0.3, -0.25) is 9.48 Å². The van der Waals surface area contributed by atoms with Crippen molar-refractivity contribution in [2.24, 2.45) is 0 Å². The minimum absolute atomic E-state index is 0.0569. The molecule has 2 heterocycles. The zero-order valence-corrected chi connectivity index (χ0v) is 9.06. The molecule has 1 unspecified atom stereocenters. The van der Waals surface area contributed by atoms with Crippen molar-refractivity contribution in [1.29, 1.82) is 0 Å². The van der Waals surface area contributed by atoms with Gasteiger partial charge in [0.1, 0.15) is 6.54 Å². The summed E-state index contributed by atoms with van der Waals surface area (Å²) < 4.78 is 6.80. The molecule has 1 aliphatic rings. The molecule has 6 nitrogen and oxygen atoms in total. The summed E-state index contributed by atoms with van der Waals surface area (Å²) in [6.07, 6.45) is 5.14. The van der Waals surface area contributed by atoms with Crippen LogP contribution in [0.1, 0.15) is 12.8 Å². The van der Waals surface area contributed by atoms with Gasteiger partial charge in [0.25, 0.3) is 0 Å². The lowest BCUT2D eigenvalue weighted by Gasteiger charge is -2.23. The lowest BCUT2D eigenvalue weighted by molar-refractivity contribution is -0.123. The molecule has 1 atom stereocenters. The SMILES string of the molecule is Nc1cnn(CC(=O)NC2CCCOC2)c1. The summed E-state index contributed by atoms with van der Waals surface area (Å²) in [4.78, 5) is 11.6. The second kappa shape index (κ2) is 4.98. The van der Waals surface area contributed by atoms with Gasteiger partial charge in [-0.15, -0.1) is 0 Å². The Bertz CT molecular complexity index is 357. The van der Waals surface area contributed by atoms with Crippen LogP contribution in [0.5, 0.6) is 0 Å². The number of carbonyl (C=O) groups excluding carboxylic acids is 1. The molecule has 0 saturated carbocycles. The zero-order chi connectivity index (χ0) is 11.4. The lowest BCUT2D eigenvalue weighted by atomic mass is 10.1. The maximum Gasteiger partial charge on any atom is 0.242 e. The fourth-order valence-corrected chi connectivity index (χ4v) is 1.74. The van der Waals surface area contributed by atoms with E-state index in [1.807, 2.05) is 0 Å². The normalized spacial score (nSPS) is 20.6. The van der Waals surface area contributed by atoms with Crippen molar-refractivity contribution in [1.82, 2.24) is 15.1 Å². The van der Waals surface area contributed by atoms with Crippen LogP contribution in [0.15, 0.2) is 12.4 Å². The molecule has 0 bridgehead atoms. The van der Waals surface area contributed by atoms with E-state index in [2.05, 4.69) is 10.4 Å². The molecule has 3 N–H and O–H groups in total. The number of ether oxygens (including phenoxy) is 1. The number of aromatic nitrogens is 2. The van der Waals surface area contributed by atoms with Gasteiger partial charge in [0, 0.05) is 12.8 Å². The number of amides is 1. The average Bonchev–Trinajstić information content (AvgIpc) is 2.65. The van der Waals surface area contributed by atoms with E-state index in [0.29, 0.717) is 12.3 Å². The van der Waals surface area contributed by atoms with Gasteiger partial charge in [-0.25, -0.2) is 0 Å². The van der Waals surface area contributed by atoms with Crippen LogP contribution in [0.3, 0.4) is 0 Å². The van der Waals surface area contributed by atoms with Crippen molar-refractivity contribution < 1.29 is 9.53 Å². The van der Waals surface area contributed by atoms with Crippen LogP contribution in [0, 0.1) is 0 Å². The minimum Gasteiger partial charge on any atom is -0.396 e. The number of anilines is 1. The van der Waals surface area contributed by atoms with Crippen LogP contribution in [-0.2, 0) is 16.1 Å². The monoisotopic (exact) mass is 224 g/mol. The van der Waals surface area contributed by atoms with Gasteiger partial charge in [-0.2, -0.15) is 5.10 Å². The highest BCUT2D eigenvalue weighted by Crippen LogP contribution is 2.05. The molecule has 1 aromatic heterocycles. The van der Waals surface area contributed by atoms with E-state index in [9.17, 15) is 4.79 Å². The summed E-state index contributed by atoms with van der Waals surface area (Å²) in [5, 5.41) is 6.86. The van der Waals surface area contributed by atoms with Crippen molar-refractivity contribution in [2.45, 2.75) is 25.4 Å². The van der Waals surface area contributed by atoms with Crippen molar-refractivity contribution in [3.8, 4) is 0 Å². The molecule has 0 aliphatic carbocycles. The molecule has 1 aromatic rings. The summed E-state index contributed by atoms with van der Waals surface area (Å²) in [6, 6.07) is 0.133. The molecule has 6 heteroatoms. The highest BCUT2D eigenvalue weighted by molar-refractivity contribution is 5.76. The number of nitrogen functional groups attached to an aromatic ring is 1. The summed E-state index contributed by atoms with van der Waals surface area (Å²) in [5.41, 5.74) is 6.07. The molecule has 0 spiro atoms. The van der Waals surface area contributed by atoms with Crippen LogP contribution < -0.4 is 11.1 Å². The average molecular weight is 224 g/mol. The molecule has 1 fully saturated rings. The van der Waals surface area contributed by atoms with Gasteiger partial charge in [0.15, 0.2) is 0 Å². The maximum absolute atomic E-state index is 11.6. The Labute approximate surface area is 93.8 Å². The van der Waals surface area contributed by atoms with Crippen LogP contribution in [0.2, 0.25) is 0 Å². The summed E-state index contributed by atoms with van der Waals surface area (Å²) in [7, 11) is 0. The van der Waals surface area contributed by atoms with Gasteiger partial charge < -0.3 is 15.8 Å². The van der Waals surface area contributed by atoms with Crippen molar-refractivity contribution in [2.75, 3.05) is 18.9 Å². The highest BCUT2D eigenvalue weighted by atomic mass is 16.5. The second-order valence-electron chi connectivity index (χ2n) is 3.95. The van der Waals surface area contributed by atoms with Gasteiger partial charge in [-0.1, -0.05) is 0 Å². The Kier molecular flexibility index (Phi) is 3.40. The fourth-order valence-electron chi connectivity index (χ4n) is 1.74. The Morgan fingerprint density at radius 2 is 2.62 bits per heavy atom. The van der Waals surface area contributed by atoms with Crippen molar-refractivity contribution >= 4 is 11.6 Å². The summed E-state index contributed by atoms with van der Waals surface area (Å²) in [6.45, 7) is 1.60. The molecular formula is C10H16N4O2. The molecule has 0 aromatic carbocycles. The largest absolute Gasteiger partial charge is 0.396 e. The molecule has 0 radical (unpaired) electrons. The first-order valence-electron chi connectivity index (χ1n) is 5.39. The number of hydrogen-bond donors (Lipinski definition) is 2. The predicted octanol–water partition coefficient (Wildman–Crippen LogP) is -0.240. The first-order chi connectivity index (χ1) is 7.74. The van der Waals surface area contributed by atoms with Gasteiger partial charge in [-0.05, 0) is 12.8 Å². The first-order valence-corrected chi connectivity index (χ1v) is 5.39. The number of nitrogens with one attached hydrogen (secondary N) is 1. The van der Waals surface area contributed by atoms with E-state index in [0.717, 1.165) is 19.4 Å². The Morgan fingerprint density at radius 3 is 3.25 bits per heavy atom. The van der Waals surface area contributed by atoms with Crippen LogP contribution in [0.25, 0.3) is 0 Å². The summed E-state index contributed by atoms with van der Waals surface area (Å²) in [5.74, 6) is -0.0569. The number of nitrogens with two attached hydrogens (primary N) is 1. The number of nitrogens with zero attached hydrogens (tertiary/aromatic N) is 2. The van der Waals surface area contributed by atoms with E-state index in [4.69, 9.17) is 10.5 Å². The standard InChI is InChI=1S/C10H16N4O2/c11-8-4-12-14(5-8)6-10(15)13-9-2-1-3-16-7-9/h4-5,9H,1-3,6-7,11H2,(H,13,15). The van der Waals surface area contributed by atoms with E-state index in [1.165, 1.54) is 10.9 Å². The quantitative estimate of drug-likeness (QED) is 0.742. The Hall–Kier alpha value is -1.56. The van der Waals surface area contributed by atoms with Gasteiger partial charge >= 0.3 is 0 Å². The van der Waals surface area contributed by atoms with E-state index < -0.39 is 0 Å². The molecule has 1 amide bonds. The fraction of sp³-hybridized carbons (Fsp3) is 0.600. The lowest BCUT2D eigenvalue weighted by Crippen LogP contribution is -2.42. The highest BCUT2D eigenvalue weighted by Gasteiger charge is 2.16. The first kappa shape index (κ1) is 10.9.